The van der Waals surface area contributed by atoms with Crippen LogP contribution in [-0.4, -0.2) is 6.72 Å². The van der Waals surface area contributed by atoms with E-state index in [1.165, 1.54) is 0 Å². The summed E-state index contributed by atoms with van der Waals surface area (Å²) < 4.78 is 0. The lowest BCUT2D eigenvalue weighted by Crippen LogP contribution is -1.66. The molecular formula is C8H9N. The molecule has 9 heavy (non-hydrogen) atoms. The SMILES string of the molecule is C#C/C(=C/C=C\C)N=C. The van der Waals surface area contributed by atoms with Crippen LogP contribution in [0.4, 0.5) is 0 Å². The van der Waals surface area contributed by atoms with Crippen LogP contribution in [0.3, 0.4) is 0 Å². The highest BCUT2D eigenvalue weighted by molar-refractivity contribution is 5.37. The minimum absolute atomic E-state index is 0.563. The first-order chi connectivity index (χ1) is 4.35. The Kier molecular flexibility index (Phi) is 4.16. The first kappa shape index (κ1) is 7.71. The maximum Gasteiger partial charge on any atom is 0.112 e. The van der Waals surface area contributed by atoms with Crippen molar-refractivity contribution in [3.63, 3.8) is 0 Å². The Labute approximate surface area is 55.8 Å². The second-order valence-corrected chi connectivity index (χ2v) is 1.38. The Balaban J connectivity index is 4.12. The van der Waals surface area contributed by atoms with Gasteiger partial charge in [-0.25, -0.2) is 0 Å². The predicted octanol–water partition coefficient (Wildman–Crippen LogP) is 1.78. The van der Waals surface area contributed by atoms with Crippen molar-refractivity contribution in [2.75, 3.05) is 0 Å². The molecule has 0 heterocycles. The zero-order valence-corrected chi connectivity index (χ0v) is 5.46. The minimum atomic E-state index is 0.563. The van der Waals surface area contributed by atoms with Gasteiger partial charge in [0.15, 0.2) is 0 Å². The first-order valence-corrected chi connectivity index (χ1v) is 2.61. The molecule has 0 aromatic heterocycles. The summed E-state index contributed by atoms with van der Waals surface area (Å²) in [5.41, 5.74) is 0.563. The van der Waals surface area contributed by atoms with Crippen molar-refractivity contribution < 1.29 is 0 Å². The molecule has 0 aliphatic rings. The van der Waals surface area contributed by atoms with Crippen molar-refractivity contribution in [3.8, 4) is 12.3 Å². The summed E-state index contributed by atoms with van der Waals surface area (Å²) in [5.74, 6) is 2.37. The van der Waals surface area contributed by atoms with Crippen LogP contribution in [0.15, 0.2) is 28.9 Å². The smallest absolute Gasteiger partial charge is 0.112 e. The topological polar surface area (TPSA) is 12.4 Å². The standard InChI is InChI=1S/C8H9N/c1-4-6-7-8(5-2)9-3/h2,4,6-7H,3H2,1H3/b6-4-,8-7-. The fourth-order valence-corrected chi connectivity index (χ4v) is 0.334. The van der Waals surface area contributed by atoms with Crippen LogP contribution in [0, 0.1) is 12.3 Å². The number of hydrogen-bond acceptors (Lipinski definition) is 1. The zero-order valence-electron chi connectivity index (χ0n) is 5.46. The number of aliphatic imine (C=N–C) groups is 1. The van der Waals surface area contributed by atoms with Gasteiger partial charge in [0.25, 0.3) is 0 Å². The van der Waals surface area contributed by atoms with Gasteiger partial charge in [0, 0.05) is 0 Å². The lowest BCUT2D eigenvalue weighted by atomic mass is 10.4. The molecule has 0 aliphatic carbocycles. The van der Waals surface area contributed by atoms with E-state index in [9.17, 15) is 0 Å². The molecule has 1 heteroatoms. The van der Waals surface area contributed by atoms with Gasteiger partial charge in [0.05, 0.1) is 0 Å². The molecule has 0 N–H and O–H groups in total. The molecule has 0 spiro atoms. The second-order valence-electron chi connectivity index (χ2n) is 1.38. The van der Waals surface area contributed by atoms with Gasteiger partial charge in [0.1, 0.15) is 5.70 Å². The first-order valence-electron chi connectivity index (χ1n) is 2.61. The molecular weight excluding hydrogens is 110 g/mol. The van der Waals surface area contributed by atoms with Crippen molar-refractivity contribution in [1.29, 1.82) is 0 Å². The largest absolute Gasteiger partial charge is 0.256 e. The van der Waals surface area contributed by atoms with Crippen LogP contribution in [0.25, 0.3) is 0 Å². The highest BCUT2D eigenvalue weighted by Gasteiger charge is 1.76. The van der Waals surface area contributed by atoms with Crippen molar-refractivity contribution >= 4 is 6.72 Å². The van der Waals surface area contributed by atoms with Gasteiger partial charge in [-0.1, -0.05) is 18.1 Å². The highest BCUT2D eigenvalue weighted by Crippen LogP contribution is 1.91. The fourth-order valence-electron chi connectivity index (χ4n) is 0.334. The molecule has 0 rings (SSSR count). The Morgan fingerprint density at radius 1 is 1.78 bits per heavy atom. The molecule has 0 saturated heterocycles. The van der Waals surface area contributed by atoms with Crippen molar-refractivity contribution in [2.45, 2.75) is 6.92 Å². The minimum Gasteiger partial charge on any atom is -0.256 e. The van der Waals surface area contributed by atoms with Gasteiger partial charge in [-0.2, -0.15) is 0 Å². The summed E-state index contributed by atoms with van der Waals surface area (Å²) in [6.45, 7) is 5.20. The number of terminal acetylenes is 1. The monoisotopic (exact) mass is 119 g/mol. The Bertz CT molecular complexity index is 179. The third kappa shape index (κ3) is 3.31. The van der Waals surface area contributed by atoms with E-state index in [0.717, 1.165) is 0 Å². The molecule has 0 bridgehead atoms. The molecule has 1 nitrogen and oxygen atoms in total. The van der Waals surface area contributed by atoms with Crippen LogP contribution in [-0.2, 0) is 0 Å². The van der Waals surface area contributed by atoms with Gasteiger partial charge in [-0.3, -0.25) is 4.99 Å². The number of rotatable bonds is 2. The van der Waals surface area contributed by atoms with Crippen LogP contribution in [0.1, 0.15) is 6.92 Å². The maximum atomic E-state index is 5.04. The summed E-state index contributed by atoms with van der Waals surface area (Å²) in [6, 6.07) is 0. The summed E-state index contributed by atoms with van der Waals surface area (Å²) in [4.78, 5) is 3.57. The molecule has 0 aliphatic heterocycles. The van der Waals surface area contributed by atoms with Crippen LogP contribution < -0.4 is 0 Å². The normalized spacial score (nSPS) is 11.3. The lowest BCUT2D eigenvalue weighted by Gasteiger charge is -1.81. The van der Waals surface area contributed by atoms with Crippen molar-refractivity contribution in [1.82, 2.24) is 0 Å². The van der Waals surface area contributed by atoms with Gasteiger partial charge in [-0.05, 0) is 19.7 Å². The summed E-state index contributed by atoms with van der Waals surface area (Å²) >= 11 is 0. The average Bonchev–Trinajstić information content (AvgIpc) is 1.91. The molecule has 0 unspecified atom stereocenters. The number of nitrogens with zero attached hydrogens (tertiary/aromatic N) is 1. The summed E-state index contributed by atoms with van der Waals surface area (Å²) in [7, 11) is 0. The van der Waals surface area contributed by atoms with Crippen LogP contribution in [0.5, 0.6) is 0 Å². The quantitative estimate of drug-likeness (QED) is 0.298. The predicted molar refractivity (Wildman–Crippen MR) is 41.3 cm³/mol. The molecule has 0 amide bonds. The van der Waals surface area contributed by atoms with E-state index < -0.39 is 0 Å². The van der Waals surface area contributed by atoms with E-state index in [0.29, 0.717) is 5.70 Å². The van der Waals surface area contributed by atoms with Crippen LogP contribution in [0.2, 0.25) is 0 Å². The average molecular weight is 119 g/mol. The van der Waals surface area contributed by atoms with E-state index in [1.807, 2.05) is 19.1 Å². The van der Waals surface area contributed by atoms with E-state index in [4.69, 9.17) is 6.42 Å². The molecule has 0 radical (unpaired) electrons. The Morgan fingerprint density at radius 2 is 2.44 bits per heavy atom. The van der Waals surface area contributed by atoms with Gasteiger partial charge >= 0.3 is 0 Å². The second kappa shape index (κ2) is 4.86. The Hall–Kier alpha value is -1.29. The highest BCUT2D eigenvalue weighted by atomic mass is 14.7. The van der Waals surface area contributed by atoms with E-state index >= 15 is 0 Å². The van der Waals surface area contributed by atoms with Crippen molar-refractivity contribution in [3.05, 3.63) is 23.9 Å². The van der Waals surface area contributed by atoms with E-state index in [1.54, 1.807) is 6.08 Å². The van der Waals surface area contributed by atoms with E-state index in [2.05, 4.69) is 17.6 Å². The lowest BCUT2D eigenvalue weighted by molar-refractivity contribution is 1.48. The number of allylic oxidation sites excluding steroid dienone is 4. The zero-order chi connectivity index (χ0) is 7.11. The van der Waals surface area contributed by atoms with E-state index in [-0.39, 0.29) is 0 Å². The van der Waals surface area contributed by atoms with Crippen molar-refractivity contribution in [2.24, 2.45) is 4.99 Å². The number of hydrogen-bond donors (Lipinski definition) is 0. The summed E-state index contributed by atoms with van der Waals surface area (Å²) in [5, 5.41) is 0. The Morgan fingerprint density at radius 3 is 2.78 bits per heavy atom. The summed E-state index contributed by atoms with van der Waals surface area (Å²) in [6.07, 6.45) is 10.5. The molecule has 46 valence electrons. The maximum absolute atomic E-state index is 5.04. The fraction of sp³-hybridized carbons (Fsp3) is 0.125. The third-order valence-corrected chi connectivity index (χ3v) is 0.765. The van der Waals surface area contributed by atoms with Crippen LogP contribution >= 0.6 is 0 Å². The van der Waals surface area contributed by atoms with Gasteiger partial charge in [-0.15, -0.1) is 6.42 Å². The molecule has 0 aromatic rings. The van der Waals surface area contributed by atoms with Gasteiger partial charge in [0.2, 0.25) is 0 Å². The third-order valence-electron chi connectivity index (χ3n) is 0.765. The molecule has 0 saturated carbocycles. The molecule has 0 atom stereocenters. The molecule has 0 fully saturated rings. The van der Waals surface area contributed by atoms with Gasteiger partial charge < -0.3 is 0 Å². The molecule has 0 aromatic carbocycles.